The van der Waals surface area contributed by atoms with Gasteiger partial charge >= 0.3 is 0 Å². The molecule has 2 aromatic heterocycles. The molecule has 2 nitrogen and oxygen atoms in total. The van der Waals surface area contributed by atoms with Crippen molar-refractivity contribution >= 4 is 22.7 Å². The number of hydrogen-bond donors (Lipinski definition) is 0. The maximum absolute atomic E-state index is 4.87. The fraction of sp³-hybridized carbons (Fsp3) is 0.0500. The highest BCUT2D eigenvalue weighted by atomic mass is 32.1. The molecule has 0 aliphatic carbocycles. The summed E-state index contributed by atoms with van der Waals surface area (Å²) in [7, 11) is 0. The molecule has 0 amide bonds. The Morgan fingerprint density at radius 1 is 0.792 bits per heavy atom. The van der Waals surface area contributed by atoms with Crippen LogP contribution in [-0.2, 0) is 6.54 Å². The van der Waals surface area contributed by atoms with E-state index in [1.165, 1.54) is 16.1 Å². The Morgan fingerprint density at radius 2 is 1.54 bits per heavy atom. The first-order valence-corrected chi connectivity index (χ1v) is 9.52. The Balaban J connectivity index is 1.83. The summed E-state index contributed by atoms with van der Waals surface area (Å²) in [5.74, 6) is 0. The summed E-state index contributed by atoms with van der Waals surface area (Å²) >= 11 is 3.45. The first kappa shape index (κ1) is 15.1. The molecular formula is C20H16N2S2. The van der Waals surface area contributed by atoms with E-state index in [1.54, 1.807) is 22.7 Å². The summed E-state index contributed by atoms with van der Waals surface area (Å²) in [6.07, 6.45) is 0. The Hall–Kier alpha value is -2.43. The van der Waals surface area contributed by atoms with Crippen LogP contribution >= 0.6 is 22.7 Å². The highest BCUT2D eigenvalue weighted by Crippen LogP contribution is 2.27. The zero-order valence-electron chi connectivity index (χ0n) is 13.0. The minimum Gasteiger partial charge on any atom is -0.285 e. The normalized spacial score (nSPS) is 11.8. The number of nitrogens with zero attached hydrogens (tertiary/aromatic N) is 2. The van der Waals surface area contributed by atoms with E-state index in [9.17, 15) is 0 Å². The molecule has 4 rings (SSSR count). The van der Waals surface area contributed by atoms with Crippen LogP contribution in [0.25, 0.3) is 16.3 Å². The second kappa shape index (κ2) is 6.99. The molecule has 0 fully saturated rings. The molecule has 0 N–H and O–H groups in total. The van der Waals surface area contributed by atoms with Crippen molar-refractivity contribution in [2.24, 2.45) is 4.99 Å². The third kappa shape index (κ3) is 3.11. The van der Waals surface area contributed by atoms with E-state index >= 15 is 0 Å². The fourth-order valence-electron chi connectivity index (χ4n) is 2.59. The minimum atomic E-state index is 0.693. The predicted molar refractivity (Wildman–Crippen MR) is 103 cm³/mol. The topological polar surface area (TPSA) is 17.3 Å². The van der Waals surface area contributed by atoms with E-state index in [-0.39, 0.29) is 0 Å². The van der Waals surface area contributed by atoms with Gasteiger partial charge in [-0.25, -0.2) is 0 Å². The predicted octanol–water partition coefficient (Wildman–Crippen LogP) is 5.37. The molecule has 4 heteroatoms. The van der Waals surface area contributed by atoms with Gasteiger partial charge in [0.25, 0.3) is 0 Å². The van der Waals surface area contributed by atoms with E-state index < -0.39 is 0 Å². The molecule has 0 bridgehead atoms. The van der Waals surface area contributed by atoms with E-state index in [1.807, 2.05) is 12.1 Å². The van der Waals surface area contributed by atoms with Crippen LogP contribution in [0.1, 0.15) is 5.56 Å². The van der Waals surface area contributed by atoms with Gasteiger partial charge in [-0.1, -0.05) is 54.6 Å². The van der Waals surface area contributed by atoms with Crippen molar-refractivity contribution in [3.63, 3.8) is 0 Å². The number of thiazole rings is 1. The Kier molecular flexibility index (Phi) is 4.40. The van der Waals surface area contributed by atoms with Gasteiger partial charge in [0.2, 0.25) is 0 Å². The van der Waals surface area contributed by atoms with Crippen molar-refractivity contribution in [3.05, 3.63) is 93.9 Å². The van der Waals surface area contributed by atoms with Gasteiger partial charge < -0.3 is 0 Å². The lowest BCUT2D eigenvalue weighted by molar-refractivity contribution is 0.929. The molecule has 2 heterocycles. The van der Waals surface area contributed by atoms with Crippen LogP contribution in [0.2, 0.25) is 0 Å². The van der Waals surface area contributed by atoms with Crippen LogP contribution in [0.4, 0.5) is 0 Å². The highest BCUT2D eigenvalue weighted by molar-refractivity contribution is 7.14. The fourth-order valence-corrected chi connectivity index (χ4v) is 4.29. The third-order valence-corrected chi connectivity index (χ3v) is 5.49. The van der Waals surface area contributed by atoms with Gasteiger partial charge in [-0.2, -0.15) is 0 Å². The molecular weight excluding hydrogens is 332 g/mol. The SMILES string of the molecule is c1ccc(CN=c2scc(-c3cccs3)n2-c2ccccc2)cc1. The number of rotatable bonds is 4. The van der Waals surface area contributed by atoms with Crippen molar-refractivity contribution in [1.82, 2.24) is 4.57 Å². The average molecular weight is 348 g/mol. The van der Waals surface area contributed by atoms with Crippen molar-refractivity contribution in [1.29, 1.82) is 0 Å². The third-order valence-electron chi connectivity index (χ3n) is 3.74. The highest BCUT2D eigenvalue weighted by Gasteiger charge is 2.10. The maximum Gasteiger partial charge on any atom is 0.190 e. The zero-order chi connectivity index (χ0) is 16.2. The van der Waals surface area contributed by atoms with E-state index in [2.05, 4.69) is 76.0 Å². The molecule has 0 aliphatic rings. The number of aromatic nitrogens is 1. The van der Waals surface area contributed by atoms with Crippen molar-refractivity contribution in [2.75, 3.05) is 0 Å². The van der Waals surface area contributed by atoms with Gasteiger partial charge in [-0.3, -0.25) is 9.56 Å². The van der Waals surface area contributed by atoms with Crippen molar-refractivity contribution < 1.29 is 0 Å². The molecule has 0 saturated carbocycles. The van der Waals surface area contributed by atoms with Crippen LogP contribution in [0.3, 0.4) is 0 Å². The second-order valence-corrected chi connectivity index (χ2v) is 7.14. The van der Waals surface area contributed by atoms with Gasteiger partial charge in [-0.15, -0.1) is 22.7 Å². The molecule has 0 unspecified atom stereocenters. The van der Waals surface area contributed by atoms with E-state index in [0.717, 1.165) is 10.5 Å². The minimum absolute atomic E-state index is 0.693. The Labute approximate surface area is 149 Å². The molecule has 0 saturated heterocycles. The Morgan fingerprint density at radius 3 is 2.25 bits per heavy atom. The monoisotopic (exact) mass is 348 g/mol. The summed E-state index contributed by atoms with van der Waals surface area (Å²) in [6, 6.07) is 25.1. The summed E-state index contributed by atoms with van der Waals surface area (Å²) in [5.41, 5.74) is 3.57. The molecule has 2 aromatic carbocycles. The summed E-state index contributed by atoms with van der Waals surface area (Å²) < 4.78 is 2.25. The number of para-hydroxylation sites is 1. The summed E-state index contributed by atoms with van der Waals surface area (Å²) in [6.45, 7) is 0.693. The quantitative estimate of drug-likeness (QED) is 0.472. The van der Waals surface area contributed by atoms with Crippen LogP contribution in [-0.4, -0.2) is 4.57 Å². The van der Waals surface area contributed by atoms with Gasteiger partial charge in [0.15, 0.2) is 4.80 Å². The van der Waals surface area contributed by atoms with Gasteiger partial charge in [0.05, 0.1) is 17.1 Å². The molecule has 0 atom stereocenters. The van der Waals surface area contributed by atoms with Crippen LogP contribution < -0.4 is 4.80 Å². The van der Waals surface area contributed by atoms with Gasteiger partial charge in [0.1, 0.15) is 0 Å². The molecule has 0 spiro atoms. The summed E-state index contributed by atoms with van der Waals surface area (Å²) in [4.78, 5) is 7.15. The van der Waals surface area contributed by atoms with Crippen molar-refractivity contribution in [2.45, 2.75) is 6.54 Å². The Bertz CT molecular complexity index is 965. The number of hydrogen-bond acceptors (Lipinski definition) is 3. The standard InChI is InChI=1S/C20H16N2S2/c1-3-8-16(9-4-1)14-21-20-22(17-10-5-2-6-11-17)18(15-24-20)19-12-7-13-23-19/h1-13,15H,14H2. The smallest absolute Gasteiger partial charge is 0.190 e. The lowest BCUT2D eigenvalue weighted by atomic mass is 10.2. The largest absolute Gasteiger partial charge is 0.285 e. The first-order chi connectivity index (χ1) is 11.9. The maximum atomic E-state index is 4.87. The van der Waals surface area contributed by atoms with Gasteiger partial charge in [0, 0.05) is 11.1 Å². The van der Waals surface area contributed by atoms with Gasteiger partial charge in [-0.05, 0) is 29.1 Å². The molecule has 0 radical (unpaired) electrons. The van der Waals surface area contributed by atoms with Crippen LogP contribution in [0, 0.1) is 0 Å². The van der Waals surface area contributed by atoms with Crippen molar-refractivity contribution in [3.8, 4) is 16.3 Å². The van der Waals surface area contributed by atoms with Crippen LogP contribution in [0.5, 0.6) is 0 Å². The number of thiophene rings is 1. The zero-order valence-corrected chi connectivity index (χ0v) is 14.6. The lowest BCUT2D eigenvalue weighted by Gasteiger charge is -2.07. The van der Waals surface area contributed by atoms with E-state index in [0.29, 0.717) is 6.54 Å². The second-order valence-electron chi connectivity index (χ2n) is 5.35. The molecule has 118 valence electrons. The lowest BCUT2D eigenvalue weighted by Crippen LogP contribution is -2.14. The number of benzene rings is 2. The molecule has 4 aromatic rings. The summed E-state index contributed by atoms with van der Waals surface area (Å²) in [5, 5.41) is 4.31. The van der Waals surface area contributed by atoms with Crippen LogP contribution in [0.15, 0.2) is 88.5 Å². The molecule has 0 aliphatic heterocycles. The van der Waals surface area contributed by atoms with E-state index in [4.69, 9.17) is 4.99 Å². The first-order valence-electron chi connectivity index (χ1n) is 7.76. The molecule has 24 heavy (non-hydrogen) atoms. The average Bonchev–Trinajstić information content (AvgIpc) is 3.31.